The maximum absolute atomic E-state index is 14.4. The van der Waals surface area contributed by atoms with Gasteiger partial charge in [0.25, 0.3) is 0 Å². The van der Waals surface area contributed by atoms with Crippen LogP contribution in [0.3, 0.4) is 0 Å². The van der Waals surface area contributed by atoms with E-state index >= 15 is 0 Å². The Hall–Kier alpha value is -5.01. The van der Waals surface area contributed by atoms with Gasteiger partial charge in [0.1, 0.15) is 32.5 Å². The zero-order valence-electron chi connectivity index (χ0n) is 39.6. The number of nitrogens with zero attached hydrogens (tertiary/aromatic N) is 3. The van der Waals surface area contributed by atoms with Gasteiger partial charge in [-0.1, -0.05) is 121 Å². The first-order chi connectivity index (χ1) is 34.3. The molecular formula is C53H57I3N4O11. The van der Waals surface area contributed by atoms with Crippen molar-refractivity contribution < 1.29 is 52.5 Å². The fourth-order valence-electron chi connectivity index (χ4n) is 7.16. The Labute approximate surface area is 455 Å². The highest BCUT2D eigenvalue weighted by Gasteiger charge is 2.32. The van der Waals surface area contributed by atoms with Crippen molar-refractivity contribution in [2.24, 2.45) is 0 Å². The van der Waals surface area contributed by atoms with Crippen LogP contribution in [0.4, 0.5) is 5.69 Å². The van der Waals surface area contributed by atoms with E-state index in [-0.39, 0.29) is 97.7 Å². The van der Waals surface area contributed by atoms with Gasteiger partial charge in [-0.3, -0.25) is 43.5 Å². The molecule has 0 aliphatic rings. The van der Waals surface area contributed by atoms with Crippen LogP contribution >= 0.6 is 67.8 Å². The van der Waals surface area contributed by atoms with Gasteiger partial charge in [0.15, 0.2) is 0 Å². The summed E-state index contributed by atoms with van der Waals surface area (Å²) in [5, 5.41) is 2.93. The zero-order chi connectivity index (χ0) is 51.0. The summed E-state index contributed by atoms with van der Waals surface area (Å²) in [4.78, 5) is 85.7. The molecule has 0 saturated heterocycles. The van der Waals surface area contributed by atoms with E-state index in [9.17, 15) is 28.8 Å². The number of anilines is 1. The summed E-state index contributed by atoms with van der Waals surface area (Å²) in [6, 6.07) is 37.8. The van der Waals surface area contributed by atoms with E-state index in [4.69, 9.17) is 23.7 Å². The van der Waals surface area contributed by atoms with Crippen LogP contribution in [-0.4, -0.2) is 115 Å². The highest BCUT2D eigenvalue weighted by molar-refractivity contribution is 14.1. The molecule has 0 aliphatic heterocycles. The summed E-state index contributed by atoms with van der Waals surface area (Å²) in [5.74, 6) is -3.14. The molecule has 0 radical (unpaired) electrons. The third kappa shape index (κ3) is 20.6. The summed E-state index contributed by atoms with van der Waals surface area (Å²) in [7, 11) is 0. The Balaban J connectivity index is 1.46. The van der Waals surface area contributed by atoms with Crippen LogP contribution in [0.1, 0.15) is 41.7 Å². The molecule has 0 spiro atoms. The monoisotopic (exact) mass is 1310 g/mol. The van der Waals surface area contributed by atoms with Crippen molar-refractivity contribution in [2.45, 2.75) is 52.7 Å². The van der Waals surface area contributed by atoms with Crippen LogP contribution in [0.2, 0.25) is 0 Å². The van der Waals surface area contributed by atoms with Gasteiger partial charge in [0.05, 0.1) is 38.5 Å². The lowest BCUT2D eigenvalue weighted by Gasteiger charge is -2.34. The van der Waals surface area contributed by atoms with E-state index < -0.39 is 35.9 Å². The molecule has 1 N–H and O–H groups in total. The average Bonchev–Trinajstić information content (AvgIpc) is 3.36. The van der Waals surface area contributed by atoms with Crippen LogP contribution in [0.15, 0.2) is 127 Å². The van der Waals surface area contributed by atoms with Crippen LogP contribution in [0, 0.1) is 10.7 Å². The molecular weight excluding hydrogens is 1250 g/mol. The summed E-state index contributed by atoms with van der Waals surface area (Å²) in [6.45, 7) is 2.44. The van der Waals surface area contributed by atoms with Crippen molar-refractivity contribution in [1.82, 2.24) is 14.7 Å². The van der Waals surface area contributed by atoms with Gasteiger partial charge < -0.3 is 29.0 Å². The van der Waals surface area contributed by atoms with Gasteiger partial charge in [-0.05, 0) is 109 Å². The Morgan fingerprint density at radius 2 is 0.859 bits per heavy atom. The maximum atomic E-state index is 14.4. The molecule has 0 bridgehead atoms. The fraction of sp³-hybridized carbons (Fsp3) is 0.321. The second-order valence-corrected chi connectivity index (χ2v) is 19.6. The van der Waals surface area contributed by atoms with Crippen molar-refractivity contribution in [2.75, 3.05) is 64.3 Å². The molecule has 0 heterocycles. The minimum absolute atomic E-state index is 0.0220. The first-order valence-corrected chi connectivity index (χ1v) is 26.1. The molecule has 376 valence electrons. The lowest BCUT2D eigenvalue weighted by molar-refractivity contribution is -0.153. The summed E-state index contributed by atoms with van der Waals surface area (Å²) in [5.41, 5.74) is 4.53. The largest absolute Gasteiger partial charge is 0.465 e. The first-order valence-electron chi connectivity index (χ1n) is 22.8. The van der Waals surface area contributed by atoms with Crippen molar-refractivity contribution in [3.05, 3.63) is 166 Å². The summed E-state index contributed by atoms with van der Waals surface area (Å²) < 4.78 is 30.7. The zero-order valence-corrected chi connectivity index (χ0v) is 46.0. The number of carbonyl (C=O) groups is 6. The molecule has 0 saturated carbocycles. The first kappa shape index (κ1) is 56.9. The molecule has 0 unspecified atom stereocenters. The van der Waals surface area contributed by atoms with E-state index in [1.807, 2.05) is 132 Å². The van der Waals surface area contributed by atoms with Gasteiger partial charge in [0, 0.05) is 50.2 Å². The van der Waals surface area contributed by atoms with Gasteiger partial charge in [-0.2, -0.15) is 0 Å². The molecule has 0 aliphatic carbocycles. The number of rotatable bonds is 28. The number of benzene rings is 5. The van der Waals surface area contributed by atoms with Gasteiger partial charge >= 0.3 is 29.8 Å². The molecule has 0 aromatic heterocycles. The predicted octanol–water partition coefficient (Wildman–Crippen LogP) is 7.81. The molecule has 71 heavy (non-hydrogen) atoms. The van der Waals surface area contributed by atoms with E-state index in [2.05, 4.69) is 73.1 Å². The molecule has 15 nitrogen and oxygen atoms in total. The van der Waals surface area contributed by atoms with Crippen molar-refractivity contribution in [3.63, 3.8) is 0 Å². The summed E-state index contributed by atoms with van der Waals surface area (Å²) in [6.07, 6.45) is 0.120. The van der Waals surface area contributed by atoms with Crippen molar-refractivity contribution >= 4 is 109 Å². The average molecular weight is 1310 g/mol. The SMILES string of the molecule is CCOC(=O)[C@H](Cc1c(I)cc(I)c(NC(C)=O)c1I)N(CCN(CC(=O)OCc1ccccc1)CC(=O)OCc1ccccc1)CCN(CC(=O)OCc1ccccc1)CC(=O)OCc1ccccc1. The smallest absolute Gasteiger partial charge is 0.323 e. The van der Waals surface area contributed by atoms with E-state index in [1.54, 1.807) is 16.7 Å². The lowest BCUT2D eigenvalue weighted by atomic mass is 10.0. The summed E-state index contributed by atoms with van der Waals surface area (Å²) >= 11 is 6.55. The number of amides is 1. The molecule has 18 heteroatoms. The molecule has 1 amide bonds. The topological polar surface area (TPSA) is 170 Å². The predicted molar refractivity (Wildman–Crippen MR) is 292 cm³/mol. The second kappa shape index (κ2) is 30.8. The fourth-order valence-corrected chi connectivity index (χ4v) is 11.2. The van der Waals surface area contributed by atoms with Crippen molar-refractivity contribution in [3.8, 4) is 0 Å². The van der Waals surface area contributed by atoms with Gasteiger partial charge in [0.2, 0.25) is 5.91 Å². The third-order valence-electron chi connectivity index (χ3n) is 10.8. The number of hydrogen-bond acceptors (Lipinski definition) is 14. The lowest BCUT2D eigenvalue weighted by Crippen LogP contribution is -2.51. The van der Waals surface area contributed by atoms with Crippen LogP contribution in [0.5, 0.6) is 0 Å². The minimum Gasteiger partial charge on any atom is -0.465 e. The Morgan fingerprint density at radius 1 is 0.507 bits per heavy atom. The highest BCUT2D eigenvalue weighted by Crippen LogP contribution is 2.33. The normalized spacial score (nSPS) is 11.5. The van der Waals surface area contributed by atoms with Crippen LogP contribution in [-0.2, 0) is 85.3 Å². The van der Waals surface area contributed by atoms with Gasteiger partial charge in [-0.25, -0.2) is 0 Å². The third-order valence-corrected chi connectivity index (χ3v) is 13.8. The number of carbonyl (C=O) groups excluding carboxylic acids is 6. The number of ether oxygens (including phenoxy) is 5. The standard InChI is InChI=1S/C53H57I3N4O11/c1-3-67-53(66)46(28-43-44(54)29-45(55)52(51(43)56)57-38(2)61)60(26-24-58(30-47(62)68-34-39-16-8-4-9-17-39)31-48(63)69-35-40-18-10-5-11-19-40)27-25-59(32-49(64)70-36-41-20-12-6-13-21-41)33-50(65)71-37-42-22-14-7-15-23-42/h4-23,29,46H,3,24-28,30-37H2,1-2H3,(H,57,61)/t46-/m0/s1. The second-order valence-electron chi connectivity index (χ2n) is 16.2. The number of esters is 5. The molecule has 5 rings (SSSR count). The van der Waals surface area contributed by atoms with E-state index in [0.717, 1.165) is 38.5 Å². The molecule has 5 aromatic carbocycles. The quantitative estimate of drug-likeness (QED) is 0.0292. The van der Waals surface area contributed by atoms with Crippen LogP contribution < -0.4 is 5.32 Å². The van der Waals surface area contributed by atoms with Crippen molar-refractivity contribution in [1.29, 1.82) is 0 Å². The van der Waals surface area contributed by atoms with E-state index in [0.29, 0.717) is 5.69 Å². The number of nitrogens with one attached hydrogen (secondary N) is 1. The molecule has 1 atom stereocenters. The van der Waals surface area contributed by atoms with E-state index in [1.165, 1.54) is 6.92 Å². The molecule has 5 aromatic rings. The minimum atomic E-state index is -0.976. The van der Waals surface area contributed by atoms with Gasteiger partial charge in [-0.15, -0.1) is 0 Å². The number of halogens is 3. The maximum Gasteiger partial charge on any atom is 0.323 e. The highest BCUT2D eigenvalue weighted by atomic mass is 127. The Morgan fingerprint density at radius 3 is 1.18 bits per heavy atom. The van der Waals surface area contributed by atoms with Crippen LogP contribution in [0.25, 0.3) is 0 Å². The Bertz CT molecular complexity index is 2270. The Kier molecular flexibility index (Phi) is 24.7. The number of hydrogen-bond donors (Lipinski definition) is 1. The molecule has 0 fully saturated rings.